The number of carbonyl (C=O) groups is 2. The lowest BCUT2D eigenvalue weighted by atomic mass is 9.95. The highest BCUT2D eigenvalue weighted by molar-refractivity contribution is 7.90. The Balaban J connectivity index is 2.54. The van der Waals surface area contributed by atoms with Crippen molar-refractivity contribution in [2.45, 2.75) is 39.1 Å². The molecule has 0 fully saturated rings. The Kier molecular flexibility index (Phi) is 6.52. The summed E-state index contributed by atoms with van der Waals surface area (Å²) < 4.78 is 31.4. The lowest BCUT2D eigenvalue weighted by Crippen LogP contribution is -2.28. The van der Waals surface area contributed by atoms with Gasteiger partial charge in [-0.3, -0.25) is 9.59 Å². The second-order valence-corrected chi connectivity index (χ2v) is 9.13. The number of carbonyl (C=O) groups excluding carboxylic acids is 2. The van der Waals surface area contributed by atoms with Gasteiger partial charge >= 0.3 is 0 Å². The Hall–Kier alpha value is -2.68. The molecule has 0 aliphatic carbocycles. The van der Waals surface area contributed by atoms with Gasteiger partial charge in [-0.1, -0.05) is 0 Å². The number of amides is 1. The van der Waals surface area contributed by atoms with E-state index in [1.807, 2.05) is 6.92 Å². The topological polar surface area (TPSA) is 98.6 Å². The maximum Gasteiger partial charge on any atom is 0.260 e. The van der Waals surface area contributed by atoms with Crippen molar-refractivity contribution in [3.8, 4) is 5.88 Å². The van der Waals surface area contributed by atoms with E-state index in [1.165, 1.54) is 15.8 Å². The summed E-state index contributed by atoms with van der Waals surface area (Å²) in [5.74, 6) is -0.358. The summed E-state index contributed by atoms with van der Waals surface area (Å²) in [6.45, 7) is 7.17. The van der Waals surface area contributed by atoms with Crippen molar-refractivity contribution in [2.24, 2.45) is 0 Å². The summed E-state index contributed by atoms with van der Waals surface area (Å²) >= 11 is 0. The molecular formula is C20H27N3O5S. The maximum atomic E-state index is 13.3. The van der Waals surface area contributed by atoms with Gasteiger partial charge < -0.3 is 9.64 Å². The normalized spacial score (nSPS) is 11.4. The molecule has 0 unspecified atom stereocenters. The van der Waals surface area contributed by atoms with Crippen LogP contribution in [0.15, 0.2) is 17.2 Å². The fraction of sp³-hybridized carbons (Fsp3) is 0.450. The number of aryl methyl sites for hydroxylation is 2. The summed E-state index contributed by atoms with van der Waals surface area (Å²) in [7, 11) is -0.186. The van der Waals surface area contributed by atoms with Crippen LogP contribution >= 0.6 is 0 Å². The van der Waals surface area contributed by atoms with Gasteiger partial charge in [-0.2, -0.15) is 5.10 Å². The molecule has 0 saturated heterocycles. The Bertz CT molecular complexity index is 1070. The minimum atomic E-state index is -3.42. The highest BCUT2D eigenvalue weighted by Gasteiger charge is 2.26. The van der Waals surface area contributed by atoms with Gasteiger partial charge in [0.05, 0.1) is 11.1 Å². The summed E-state index contributed by atoms with van der Waals surface area (Å²) in [6, 6.07) is 1.58. The second-order valence-electron chi connectivity index (χ2n) is 7.18. The molecule has 0 saturated carbocycles. The predicted octanol–water partition coefficient (Wildman–Crippen LogP) is 1.93. The van der Waals surface area contributed by atoms with Crippen LogP contribution in [0.2, 0.25) is 0 Å². The summed E-state index contributed by atoms with van der Waals surface area (Å²) in [4.78, 5) is 26.8. The molecule has 2 aromatic rings. The quantitative estimate of drug-likeness (QED) is 0.634. The smallest absolute Gasteiger partial charge is 0.260 e. The van der Waals surface area contributed by atoms with E-state index in [2.05, 4.69) is 5.10 Å². The van der Waals surface area contributed by atoms with Crippen LogP contribution in [-0.2, 0) is 21.2 Å². The Morgan fingerprint density at radius 2 is 1.76 bits per heavy atom. The zero-order valence-electron chi connectivity index (χ0n) is 17.9. The number of sulfone groups is 1. The molecule has 0 spiro atoms. The van der Waals surface area contributed by atoms with Crippen molar-refractivity contribution in [3.63, 3.8) is 0 Å². The van der Waals surface area contributed by atoms with Crippen LogP contribution in [0, 0.1) is 20.8 Å². The van der Waals surface area contributed by atoms with Gasteiger partial charge in [0.25, 0.3) is 5.91 Å². The largest absolute Gasteiger partial charge is 0.467 e. The molecular weight excluding hydrogens is 394 g/mol. The van der Waals surface area contributed by atoms with E-state index < -0.39 is 9.84 Å². The average Bonchev–Trinajstić information content (AvgIpc) is 3.03. The van der Waals surface area contributed by atoms with E-state index in [4.69, 9.17) is 4.74 Å². The molecule has 9 heteroatoms. The molecule has 158 valence electrons. The number of ketones is 1. The molecule has 1 heterocycles. The predicted molar refractivity (Wildman–Crippen MR) is 109 cm³/mol. The third-order valence-electron chi connectivity index (χ3n) is 4.81. The lowest BCUT2D eigenvalue weighted by Gasteiger charge is -2.16. The Labute approximate surface area is 171 Å². The molecule has 0 N–H and O–H groups in total. The lowest BCUT2D eigenvalue weighted by molar-refractivity contribution is -0.130. The molecule has 0 aliphatic heterocycles. The molecule has 1 amide bonds. The first-order valence-corrected chi connectivity index (χ1v) is 11.0. The third kappa shape index (κ3) is 4.50. The first kappa shape index (κ1) is 22.6. The van der Waals surface area contributed by atoms with E-state index >= 15 is 0 Å². The fourth-order valence-corrected chi connectivity index (χ4v) is 4.53. The van der Waals surface area contributed by atoms with Crippen molar-refractivity contribution in [1.82, 2.24) is 14.7 Å². The molecule has 0 atom stereocenters. The van der Waals surface area contributed by atoms with Gasteiger partial charge in [-0.05, 0) is 50.5 Å². The molecule has 0 bridgehead atoms. The van der Waals surface area contributed by atoms with Gasteiger partial charge in [0.2, 0.25) is 5.88 Å². The van der Waals surface area contributed by atoms with Crippen LogP contribution < -0.4 is 4.74 Å². The average molecular weight is 422 g/mol. The highest BCUT2D eigenvalue weighted by Crippen LogP contribution is 2.30. The summed E-state index contributed by atoms with van der Waals surface area (Å²) in [5.41, 5.74) is 2.25. The summed E-state index contributed by atoms with van der Waals surface area (Å²) in [5, 5.41) is 4.19. The van der Waals surface area contributed by atoms with Crippen molar-refractivity contribution in [1.29, 1.82) is 0 Å². The van der Waals surface area contributed by atoms with E-state index in [-0.39, 0.29) is 34.6 Å². The van der Waals surface area contributed by atoms with Crippen molar-refractivity contribution >= 4 is 21.5 Å². The second kappa shape index (κ2) is 8.36. The van der Waals surface area contributed by atoms with Gasteiger partial charge in [0, 0.05) is 32.5 Å². The van der Waals surface area contributed by atoms with Crippen molar-refractivity contribution in [2.75, 3.05) is 27.0 Å². The number of ether oxygens (including phenoxy) is 1. The van der Waals surface area contributed by atoms with Crippen LogP contribution in [-0.4, -0.2) is 61.7 Å². The standard InChI is InChI=1S/C20H27N3O5S/c1-8-23-20(28-11-17(24)22(5)6)16(10-21-23)18(25)15-9-12(2)19(29(7,26)27)14(4)13(15)3/h9-10H,8,11H2,1-7H3. The van der Waals surface area contributed by atoms with Gasteiger partial charge in [-0.15, -0.1) is 0 Å². The highest BCUT2D eigenvalue weighted by atomic mass is 32.2. The zero-order valence-corrected chi connectivity index (χ0v) is 18.7. The van der Waals surface area contributed by atoms with Gasteiger partial charge in [0.1, 0.15) is 5.56 Å². The first-order chi connectivity index (χ1) is 13.4. The minimum absolute atomic E-state index is 0.217. The van der Waals surface area contributed by atoms with Crippen molar-refractivity contribution < 1.29 is 22.7 Å². The molecule has 29 heavy (non-hydrogen) atoms. The van der Waals surface area contributed by atoms with E-state index in [0.717, 1.165) is 6.26 Å². The van der Waals surface area contributed by atoms with Crippen LogP contribution in [0.3, 0.4) is 0 Å². The Morgan fingerprint density at radius 3 is 2.28 bits per heavy atom. The van der Waals surface area contributed by atoms with Crippen LogP contribution in [0.1, 0.15) is 39.5 Å². The van der Waals surface area contributed by atoms with E-state index in [0.29, 0.717) is 28.8 Å². The summed E-state index contributed by atoms with van der Waals surface area (Å²) in [6.07, 6.45) is 2.57. The van der Waals surface area contributed by atoms with Gasteiger partial charge in [-0.25, -0.2) is 13.1 Å². The van der Waals surface area contributed by atoms with Crippen molar-refractivity contribution in [3.05, 3.63) is 40.1 Å². The monoisotopic (exact) mass is 421 g/mol. The molecule has 1 aromatic heterocycles. The van der Waals surface area contributed by atoms with Gasteiger partial charge in [0.15, 0.2) is 22.2 Å². The van der Waals surface area contributed by atoms with Crippen LogP contribution in [0.4, 0.5) is 0 Å². The fourth-order valence-electron chi connectivity index (χ4n) is 3.18. The molecule has 0 radical (unpaired) electrons. The number of hydrogen-bond donors (Lipinski definition) is 0. The van der Waals surface area contributed by atoms with Crippen LogP contribution in [0.25, 0.3) is 0 Å². The Morgan fingerprint density at radius 1 is 1.14 bits per heavy atom. The van der Waals surface area contributed by atoms with E-state index in [1.54, 1.807) is 40.9 Å². The number of hydrogen-bond acceptors (Lipinski definition) is 6. The molecule has 2 rings (SSSR count). The third-order valence-corrected chi connectivity index (χ3v) is 6.18. The number of rotatable bonds is 7. The molecule has 1 aromatic carbocycles. The number of likely N-dealkylation sites (N-methyl/N-ethyl adjacent to an activating group) is 1. The maximum absolute atomic E-state index is 13.3. The zero-order chi connectivity index (χ0) is 22.1. The number of nitrogens with zero attached hydrogens (tertiary/aromatic N) is 3. The number of benzene rings is 1. The van der Waals surface area contributed by atoms with Crippen LogP contribution in [0.5, 0.6) is 5.88 Å². The molecule has 0 aliphatic rings. The van der Waals surface area contributed by atoms with E-state index in [9.17, 15) is 18.0 Å². The first-order valence-electron chi connectivity index (χ1n) is 9.14. The SMILES string of the molecule is CCn1ncc(C(=O)c2cc(C)c(S(C)(=O)=O)c(C)c2C)c1OCC(=O)N(C)C. The number of aromatic nitrogens is 2. The minimum Gasteiger partial charge on any atom is -0.467 e. The molecule has 8 nitrogen and oxygen atoms in total.